The van der Waals surface area contributed by atoms with Gasteiger partial charge in [-0.25, -0.2) is 4.79 Å². The molecule has 6 nitrogen and oxygen atoms in total. The fraction of sp³-hybridized carbons (Fsp3) is 0.167. The Morgan fingerprint density at radius 2 is 2.05 bits per heavy atom. The van der Waals surface area contributed by atoms with Crippen LogP contribution in [-0.4, -0.2) is 26.3 Å². The van der Waals surface area contributed by atoms with Gasteiger partial charge in [-0.3, -0.25) is 9.78 Å². The van der Waals surface area contributed by atoms with E-state index in [2.05, 4.69) is 14.7 Å². The van der Waals surface area contributed by atoms with Gasteiger partial charge in [0.25, 0.3) is 5.91 Å². The van der Waals surface area contributed by atoms with Crippen LogP contribution in [0.25, 0.3) is 0 Å². The minimum absolute atomic E-state index is 0.0277. The zero-order valence-corrected chi connectivity index (χ0v) is 11.1. The molecule has 2 N–H and O–H groups in total. The molecule has 0 unspecified atom stereocenters. The molecule has 0 bridgehead atoms. The molecule has 0 saturated heterocycles. The number of aromatic carboxylic acids is 1. The minimum atomic E-state index is -1.11. The highest BCUT2D eigenvalue weighted by Gasteiger charge is 2.20. The van der Waals surface area contributed by atoms with Crippen LogP contribution in [0.4, 0.5) is 5.00 Å². The summed E-state index contributed by atoms with van der Waals surface area (Å²) in [6.45, 7) is 3.30. The number of amides is 1. The number of hydrogen-bond donors (Lipinski definition) is 2. The first kappa shape index (κ1) is 13.2. The fourth-order valence-electron chi connectivity index (χ4n) is 1.60. The Labute approximate surface area is 113 Å². The van der Waals surface area contributed by atoms with Crippen molar-refractivity contribution < 1.29 is 14.7 Å². The first-order valence-electron chi connectivity index (χ1n) is 5.43. The molecule has 0 aliphatic carbocycles. The zero-order valence-electron chi connectivity index (χ0n) is 10.3. The van der Waals surface area contributed by atoms with Crippen molar-refractivity contribution in [2.24, 2.45) is 0 Å². The highest BCUT2D eigenvalue weighted by molar-refractivity contribution is 7.11. The van der Waals surface area contributed by atoms with Crippen LogP contribution in [0.1, 0.15) is 32.1 Å². The SMILES string of the molecule is Cc1ncccc1C(=O)Nc1snc(C)c1C(=O)O. The molecule has 2 aromatic rings. The number of aromatic nitrogens is 2. The average Bonchev–Trinajstić information content (AvgIpc) is 2.70. The molecule has 2 aromatic heterocycles. The van der Waals surface area contributed by atoms with Gasteiger partial charge in [-0.05, 0) is 37.5 Å². The number of hydrogen-bond acceptors (Lipinski definition) is 5. The summed E-state index contributed by atoms with van der Waals surface area (Å²) in [7, 11) is 0. The molecule has 0 atom stereocenters. The van der Waals surface area contributed by atoms with Crippen molar-refractivity contribution in [1.82, 2.24) is 9.36 Å². The number of anilines is 1. The number of carbonyl (C=O) groups excluding carboxylic acids is 1. The van der Waals surface area contributed by atoms with E-state index >= 15 is 0 Å². The van der Waals surface area contributed by atoms with Crippen LogP contribution < -0.4 is 5.32 Å². The highest BCUT2D eigenvalue weighted by atomic mass is 32.1. The minimum Gasteiger partial charge on any atom is -0.478 e. The van der Waals surface area contributed by atoms with Gasteiger partial charge in [-0.2, -0.15) is 4.37 Å². The predicted molar refractivity (Wildman–Crippen MR) is 70.7 cm³/mol. The number of rotatable bonds is 3. The molecule has 0 aliphatic heterocycles. The molecule has 19 heavy (non-hydrogen) atoms. The molecular weight excluding hydrogens is 266 g/mol. The van der Waals surface area contributed by atoms with Gasteiger partial charge >= 0.3 is 5.97 Å². The van der Waals surface area contributed by atoms with Crippen molar-refractivity contribution in [3.05, 3.63) is 40.8 Å². The van der Waals surface area contributed by atoms with Crippen molar-refractivity contribution in [1.29, 1.82) is 0 Å². The maximum Gasteiger partial charge on any atom is 0.340 e. The van der Waals surface area contributed by atoms with Gasteiger partial charge in [0.2, 0.25) is 0 Å². The van der Waals surface area contributed by atoms with Crippen molar-refractivity contribution in [2.75, 3.05) is 5.32 Å². The van der Waals surface area contributed by atoms with Crippen molar-refractivity contribution in [2.45, 2.75) is 13.8 Å². The summed E-state index contributed by atoms with van der Waals surface area (Å²) >= 11 is 0.950. The monoisotopic (exact) mass is 277 g/mol. The maximum absolute atomic E-state index is 12.1. The lowest BCUT2D eigenvalue weighted by molar-refractivity contribution is 0.0697. The van der Waals surface area contributed by atoms with Crippen LogP contribution in [0, 0.1) is 13.8 Å². The van der Waals surface area contributed by atoms with Crippen LogP contribution in [0.3, 0.4) is 0 Å². The van der Waals surface area contributed by atoms with Crippen molar-refractivity contribution in [3.63, 3.8) is 0 Å². The molecule has 2 rings (SSSR count). The number of nitrogens with one attached hydrogen (secondary N) is 1. The Morgan fingerprint density at radius 3 is 2.68 bits per heavy atom. The number of carboxylic acids is 1. The lowest BCUT2D eigenvalue weighted by atomic mass is 10.2. The summed E-state index contributed by atoms with van der Waals surface area (Å²) in [5.41, 5.74) is 1.40. The van der Waals surface area contributed by atoms with E-state index in [4.69, 9.17) is 5.11 Å². The number of aryl methyl sites for hydroxylation is 2. The Kier molecular flexibility index (Phi) is 3.57. The molecule has 0 fully saturated rings. The number of carbonyl (C=O) groups is 2. The molecule has 1 amide bonds. The quantitative estimate of drug-likeness (QED) is 0.896. The lowest BCUT2D eigenvalue weighted by Gasteiger charge is -2.05. The van der Waals surface area contributed by atoms with Gasteiger partial charge in [0.15, 0.2) is 0 Å². The molecule has 0 spiro atoms. The Bertz CT molecular complexity index is 651. The normalized spacial score (nSPS) is 10.2. The molecule has 98 valence electrons. The van der Waals surface area contributed by atoms with Gasteiger partial charge in [0.1, 0.15) is 10.6 Å². The fourth-order valence-corrected chi connectivity index (χ4v) is 2.39. The third kappa shape index (κ3) is 2.60. The number of carboxylic acid groups (broad SMARTS) is 1. The first-order chi connectivity index (χ1) is 9.00. The van der Waals surface area contributed by atoms with E-state index in [1.54, 1.807) is 32.2 Å². The Morgan fingerprint density at radius 1 is 1.32 bits per heavy atom. The van der Waals surface area contributed by atoms with Crippen LogP contribution >= 0.6 is 11.5 Å². The predicted octanol–water partition coefficient (Wildman–Crippen LogP) is 2.11. The van der Waals surface area contributed by atoms with Gasteiger partial charge < -0.3 is 10.4 Å². The van der Waals surface area contributed by atoms with Gasteiger partial charge in [-0.1, -0.05) is 0 Å². The number of pyridine rings is 1. The van der Waals surface area contributed by atoms with E-state index in [1.807, 2.05) is 0 Å². The second kappa shape index (κ2) is 5.15. The van der Waals surface area contributed by atoms with E-state index in [-0.39, 0.29) is 10.6 Å². The van der Waals surface area contributed by atoms with E-state index in [0.29, 0.717) is 17.0 Å². The van der Waals surface area contributed by atoms with Gasteiger partial charge in [0, 0.05) is 11.9 Å². The molecule has 0 saturated carbocycles. The Hall–Kier alpha value is -2.28. The molecule has 0 aromatic carbocycles. The standard InChI is InChI=1S/C12H11N3O3S/c1-6-8(4-3-5-13-6)10(16)14-11-9(12(17)18)7(2)15-19-11/h3-5H,1-2H3,(H,14,16)(H,17,18). The topological polar surface area (TPSA) is 92.2 Å². The van der Waals surface area contributed by atoms with E-state index in [9.17, 15) is 9.59 Å². The van der Waals surface area contributed by atoms with Gasteiger partial charge in [0.05, 0.1) is 11.3 Å². The largest absolute Gasteiger partial charge is 0.478 e. The molecule has 2 heterocycles. The first-order valence-corrected chi connectivity index (χ1v) is 6.20. The summed E-state index contributed by atoms with van der Waals surface area (Å²) in [6, 6.07) is 3.28. The number of nitrogens with zero attached hydrogens (tertiary/aromatic N) is 2. The average molecular weight is 277 g/mol. The van der Waals surface area contributed by atoms with Crippen LogP contribution in [0.15, 0.2) is 18.3 Å². The summed E-state index contributed by atoms with van der Waals surface area (Å²) in [5, 5.41) is 11.9. The van der Waals surface area contributed by atoms with Crippen molar-refractivity contribution in [3.8, 4) is 0 Å². The smallest absolute Gasteiger partial charge is 0.340 e. The third-order valence-corrected chi connectivity index (χ3v) is 3.41. The molecule has 7 heteroatoms. The van der Waals surface area contributed by atoms with Crippen molar-refractivity contribution >= 4 is 28.4 Å². The molecule has 0 radical (unpaired) electrons. The zero-order chi connectivity index (χ0) is 14.0. The second-order valence-corrected chi connectivity index (χ2v) is 4.64. The molecular formula is C12H11N3O3S. The van der Waals surface area contributed by atoms with Crippen LogP contribution in [0.2, 0.25) is 0 Å². The Balaban J connectivity index is 2.30. The van der Waals surface area contributed by atoms with E-state index < -0.39 is 11.9 Å². The van der Waals surface area contributed by atoms with Gasteiger partial charge in [-0.15, -0.1) is 0 Å². The summed E-state index contributed by atoms with van der Waals surface area (Å²) in [5.74, 6) is -1.50. The third-order valence-electron chi connectivity index (χ3n) is 2.56. The van der Waals surface area contributed by atoms with E-state index in [1.165, 1.54) is 0 Å². The maximum atomic E-state index is 12.1. The summed E-state index contributed by atoms with van der Waals surface area (Å²) < 4.78 is 3.94. The summed E-state index contributed by atoms with van der Waals surface area (Å²) in [4.78, 5) is 27.2. The van der Waals surface area contributed by atoms with E-state index in [0.717, 1.165) is 11.5 Å². The van der Waals surface area contributed by atoms with Crippen LogP contribution in [0.5, 0.6) is 0 Å². The lowest BCUT2D eigenvalue weighted by Crippen LogP contribution is -2.15. The summed E-state index contributed by atoms with van der Waals surface area (Å²) in [6.07, 6.45) is 1.59. The van der Waals surface area contributed by atoms with Crippen LogP contribution in [-0.2, 0) is 0 Å². The second-order valence-electron chi connectivity index (χ2n) is 3.87. The molecule has 0 aliphatic rings. The highest BCUT2D eigenvalue weighted by Crippen LogP contribution is 2.25.